The van der Waals surface area contributed by atoms with E-state index in [-0.39, 0.29) is 5.82 Å². The molecule has 2 nitrogen and oxygen atoms in total. The summed E-state index contributed by atoms with van der Waals surface area (Å²) in [5.74, 6) is 0.622. The third-order valence-electron chi connectivity index (χ3n) is 3.99. The van der Waals surface area contributed by atoms with Gasteiger partial charge in [-0.05, 0) is 55.1 Å². The fourth-order valence-electron chi connectivity index (χ4n) is 2.81. The maximum absolute atomic E-state index is 13.5. The largest absolute Gasteiger partial charge is 0.486 e. The van der Waals surface area contributed by atoms with E-state index in [4.69, 9.17) is 4.74 Å². The molecule has 1 aliphatic rings. The van der Waals surface area contributed by atoms with Crippen LogP contribution in [0.4, 0.5) is 4.39 Å². The van der Waals surface area contributed by atoms with Crippen molar-refractivity contribution in [2.45, 2.75) is 25.4 Å². The van der Waals surface area contributed by atoms with Crippen LogP contribution in [-0.2, 0) is 6.61 Å². The molecule has 2 aromatic carbocycles. The molecule has 0 radical (unpaired) electrons. The van der Waals surface area contributed by atoms with Gasteiger partial charge in [0, 0.05) is 0 Å². The Bertz CT molecular complexity index is 593. The smallest absolute Gasteiger partial charge is 0.165 e. The molecule has 0 bridgehead atoms. The van der Waals surface area contributed by atoms with Crippen LogP contribution in [0.2, 0.25) is 0 Å². The molecule has 0 amide bonds. The molecule has 21 heavy (non-hydrogen) atoms. The molecule has 1 N–H and O–H groups in total. The van der Waals surface area contributed by atoms with Gasteiger partial charge in [-0.1, -0.05) is 36.4 Å². The van der Waals surface area contributed by atoms with Crippen molar-refractivity contribution in [1.82, 2.24) is 5.32 Å². The minimum absolute atomic E-state index is 0.310. The fraction of sp³-hybridized carbons (Fsp3) is 0.333. The van der Waals surface area contributed by atoms with Gasteiger partial charge >= 0.3 is 0 Å². The Morgan fingerprint density at radius 3 is 2.67 bits per heavy atom. The first kappa shape index (κ1) is 14.1. The lowest BCUT2D eigenvalue weighted by molar-refractivity contribution is 0.290. The van der Waals surface area contributed by atoms with Crippen LogP contribution in [-0.4, -0.2) is 13.1 Å². The first-order chi connectivity index (χ1) is 10.3. The van der Waals surface area contributed by atoms with E-state index in [9.17, 15) is 4.39 Å². The Morgan fingerprint density at radius 2 is 1.86 bits per heavy atom. The van der Waals surface area contributed by atoms with Gasteiger partial charge in [0.1, 0.15) is 6.61 Å². The van der Waals surface area contributed by atoms with E-state index in [0.29, 0.717) is 18.3 Å². The number of halogens is 1. The Morgan fingerprint density at radius 1 is 1.05 bits per heavy atom. The van der Waals surface area contributed by atoms with E-state index in [1.165, 1.54) is 24.5 Å². The highest BCUT2D eigenvalue weighted by molar-refractivity contribution is 5.28. The highest BCUT2D eigenvalue weighted by Gasteiger charge is 2.15. The first-order valence-electron chi connectivity index (χ1n) is 7.50. The van der Waals surface area contributed by atoms with Crippen LogP contribution in [0.5, 0.6) is 5.75 Å². The molecule has 3 heteroatoms. The number of piperidine rings is 1. The molecule has 0 saturated carbocycles. The highest BCUT2D eigenvalue weighted by Crippen LogP contribution is 2.26. The molecule has 1 heterocycles. The highest BCUT2D eigenvalue weighted by atomic mass is 19.1. The Balaban J connectivity index is 1.67. The van der Waals surface area contributed by atoms with E-state index in [2.05, 4.69) is 23.5 Å². The minimum Gasteiger partial charge on any atom is -0.486 e. The van der Waals surface area contributed by atoms with E-state index >= 15 is 0 Å². The van der Waals surface area contributed by atoms with Gasteiger partial charge in [-0.25, -0.2) is 4.39 Å². The molecule has 0 spiro atoms. The van der Waals surface area contributed by atoms with Crippen LogP contribution in [0, 0.1) is 5.82 Å². The van der Waals surface area contributed by atoms with Crippen LogP contribution < -0.4 is 10.1 Å². The van der Waals surface area contributed by atoms with Crippen molar-refractivity contribution in [2.75, 3.05) is 13.1 Å². The van der Waals surface area contributed by atoms with Gasteiger partial charge in [-0.15, -0.1) is 0 Å². The second-order valence-corrected chi connectivity index (χ2v) is 5.49. The summed E-state index contributed by atoms with van der Waals surface area (Å²) >= 11 is 0. The second-order valence-electron chi connectivity index (χ2n) is 5.49. The number of hydrogen-bond acceptors (Lipinski definition) is 2. The maximum atomic E-state index is 13.5. The second kappa shape index (κ2) is 6.72. The molecular weight excluding hydrogens is 265 g/mol. The van der Waals surface area contributed by atoms with Crippen LogP contribution in [0.25, 0.3) is 0 Å². The van der Waals surface area contributed by atoms with Crippen LogP contribution >= 0.6 is 0 Å². The number of ether oxygens (including phenoxy) is 1. The molecule has 3 rings (SSSR count). The maximum Gasteiger partial charge on any atom is 0.165 e. The third-order valence-corrected chi connectivity index (χ3v) is 3.99. The van der Waals surface area contributed by atoms with Gasteiger partial charge in [0.2, 0.25) is 0 Å². The van der Waals surface area contributed by atoms with Gasteiger partial charge in [0.25, 0.3) is 0 Å². The van der Waals surface area contributed by atoms with Crippen LogP contribution in [0.3, 0.4) is 0 Å². The van der Waals surface area contributed by atoms with Crippen molar-refractivity contribution in [3.63, 3.8) is 0 Å². The van der Waals surface area contributed by atoms with Gasteiger partial charge in [0.05, 0.1) is 0 Å². The van der Waals surface area contributed by atoms with Gasteiger partial charge in [-0.3, -0.25) is 0 Å². The average molecular weight is 285 g/mol. The Hall–Kier alpha value is -1.87. The first-order valence-corrected chi connectivity index (χ1v) is 7.50. The molecule has 0 aliphatic carbocycles. The van der Waals surface area contributed by atoms with Crippen LogP contribution in [0.15, 0.2) is 48.5 Å². The van der Waals surface area contributed by atoms with Crippen molar-refractivity contribution >= 4 is 0 Å². The number of para-hydroxylation sites is 1. The Labute approximate surface area is 125 Å². The number of benzene rings is 2. The predicted octanol–water partition coefficient (Wildman–Crippen LogP) is 3.87. The van der Waals surface area contributed by atoms with Crippen molar-refractivity contribution in [2.24, 2.45) is 0 Å². The molecule has 1 fully saturated rings. The summed E-state index contributed by atoms with van der Waals surface area (Å²) in [6, 6.07) is 15.0. The fourth-order valence-corrected chi connectivity index (χ4v) is 2.81. The summed E-state index contributed by atoms with van der Waals surface area (Å²) in [5, 5.41) is 3.39. The topological polar surface area (TPSA) is 21.3 Å². The Kier molecular flexibility index (Phi) is 4.51. The van der Waals surface area contributed by atoms with Gasteiger partial charge in [-0.2, -0.15) is 0 Å². The van der Waals surface area contributed by atoms with Crippen molar-refractivity contribution < 1.29 is 9.13 Å². The molecule has 0 unspecified atom stereocenters. The predicted molar refractivity (Wildman–Crippen MR) is 82.0 cm³/mol. The zero-order chi connectivity index (χ0) is 14.5. The van der Waals surface area contributed by atoms with E-state index < -0.39 is 0 Å². The average Bonchev–Trinajstić information content (AvgIpc) is 2.55. The summed E-state index contributed by atoms with van der Waals surface area (Å²) in [4.78, 5) is 0. The lowest BCUT2D eigenvalue weighted by Crippen LogP contribution is -2.26. The zero-order valence-corrected chi connectivity index (χ0v) is 12.0. The number of rotatable bonds is 4. The standard InChI is InChI=1S/C18H20FNO/c19-17-6-1-2-7-18(17)21-13-14-4-3-5-16(12-14)15-8-10-20-11-9-15/h1-7,12,15,20H,8-11,13H2. The van der Waals surface area contributed by atoms with Crippen LogP contribution in [0.1, 0.15) is 29.9 Å². The molecule has 110 valence electrons. The van der Waals surface area contributed by atoms with Crippen molar-refractivity contribution in [3.8, 4) is 5.75 Å². The monoisotopic (exact) mass is 285 g/mol. The van der Waals surface area contributed by atoms with Gasteiger partial charge in [0.15, 0.2) is 11.6 Å². The number of hydrogen-bond donors (Lipinski definition) is 1. The molecule has 1 saturated heterocycles. The normalized spacial score (nSPS) is 15.9. The summed E-state index contributed by atoms with van der Waals surface area (Å²) in [5.41, 5.74) is 2.46. The lowest BCUT2D eigenvalue weighted by Gasteiger charge is -2.23. The van der Waals surface area contributed by atoms with E-state index in [1.54, 1.807) is 18.2 Å². The molecular formula is C18H20FNO. The lowest BCUT2D eigenvalue weighted by atomic mass is 9.89. The molecule has 2 aromatic rings. The molecule has 0 atom stereocenters. The molecule has 1 aliphatic heterocycles. The summed E-state index contributed by atoms with van der Waals surface area (Å²) in [7, 11) is 0. The summed E-state index contributed by atoms with van der Waals surface area (Å²) in [6.07, 6.45) is 2.36. The third kappa shape index (κ3) is 3.61. The zero-order valence-electron chi connectivity index (χ0n) is 12.0. The van der Waals surface area contributed by atoms with E-state index in [1.807, 2.05) is 6.07 Å². The minimum atomic E-state index is -0.313. The van der Waals surface area contributed by atoms with Crippen molar-refractivity contribution in [3.05, 3.63) is 65.5 Å². The quantitative estimate of drug-likeness (QED) is 0.920. The summed E-state index contributed by atoms with van der Waals surface area (Å²) < 4.78 is 19.1. The number of nitrogens with one attached hydrogen (secondary N) is 1. The SMILES string of the molecule is Fc1ccccc1OCc1cccc(C2CCNCC2)c1. The van der Waals surface area contributed by atoms with Crippen molar-refractivity contribution in [1.29, 1.82) is 0 Å². The van der Waals surface area contributed by atoms with Gasteiger partial charge < -0.3 is 10.1 Å². The molecule has 0 aromatic heterocycles. The van der Waals surface area contributed by atoms with E-state index in [0.717, 1.165) is 18.7 Å². The summed E-state index contributed by atoms with van der Waals surface area (Å²) in [6.45, 7) is 2.57.